The third-order valence-electron chi connectivity index (χ3n) is 4.02. The average molecular weight is 289 g/mol. The minimum atomic E-state index is -0.444. The van der Waals surface area contributed by atoms with Crippen LogP contribution in [-0.4, -0.2) is 10.9 Å². The van der Waals surface area contributed by atoms with Gasteiger partial charge >= 0.3 is 0 Å². The van der Waals surface area contributed by atoms with Crippen LogP contribution in [0, 0.1) is 5.82 Å². The van der Waals surface area contributed by atoms with E-state index in [0.29, 0.717) is 16.3 Å². The summed E-state index contributed by atoms with van der Waals surface area (Å²) in [4.78, 5) is 18.1. The van der Waals surface area contributed by atoms with Gasteiger partial charge in [-0.05, 0) is 36.6 Å². The molecule has 1 aromatic carbocycles. The largest absolute Gasteiger partial charge is 0.296 e. The fourth-order valence-electron chi connectivity index (χ4n) is 3.02. The number of hydrogen-bond acceptors (Lipinski definition) is 2. The van der Waals surface area contributed by atoms with Gasteiger partial charge in [-0.25, -0.2) is 4.39 Å². The number of amides is 1. The molecule has 2 aliphatic rings. The van der Waals surface area contributed by atoms with Crippen molar-refractivity contribution in [2.45, 2.75) is 18.4 Å². The summed E-state index contributed by atoms with van der Waals surface area (Å²) in [7, 11) is 0. The van der Waals surface area contributed by atoms with E-state index in [1.54, 1.807) is 17.0 Å². The molecule has 20 heavy (non-hydrogen) atoms. The highest BCUT2D eigenvalue weighted by Crippen LogP contribution is 2.58. The molecule has 0 saturated heterocycles. The van der Waals surface area contributed by atoms with Crippen LogP contribution in [-0.2, 0) is 5.54 Å². The first kappa shape index (κ1) is 11.9. The highest BCUT2D eigenvalue weighted by Gasteiger charge is 2.58. The topological polar surface area (TPSA) is 33.2 Å². The van der Waals surface area contributed by atoms with Gasteiger partial charge in [0.15, 0.2) is 0 Å². The molecule has 1 amide bonds. The van der Waals surface area contributed by atoms with Gasteiger partial charge in [-0.1, -0.05) is 11.6 Å². The van der Waals surface area contributed by atoms with Gasteiger partial charge in [-0.2, -0.15) is 0 Å². The van der Waals surface area contributed by atoms with E-state index >= 15 is 0 Å². The Hall–Kier alpha value is -1.94. The fourth-order valence-corrected chi connectivity index (χ4v) is 3.19. The number of rotatable bonds is 1. The van der Waals surface area contributed by atoms with Crippen molar-refractivity contribution in [1.29, 1.82) is 0 Å². The Labute approximate surface area is 120 Å². The molecule has 2 heterocycles. The average Bonchev–Trinajstić information content (AvgIpc) is 3.15. The van der Waals surface area contributed by atoms with Crippen molar-refractivity contribution in [2.24, 2.45) is 0 Å². The van der Waals surface area contributed by atoms with E-state index in [1.807, 2.05) is 6.07 Å². The van der Waals surface area contributed by atoms with Crippen LogP contribution >= 0.6 is 11.6 Å². The van der Waals surface area contributed by atoms with Crippen molar-refractivity contribution in [1.82, 2.24) is 4.98 Å². The van der Waals surface area contributed by atoms with E-state index in [2.05, 4.69) is 4.98 Å². The number of carbonyl (C=O) groups is 1. The predicted octanol–water partition coefficient (Wildman–Crippen LogP) is 3.52. The second-order valence-electron chi connectivity index (χ2n) is 5.22. The first-order valence-electron chi connectivity index (χ1n) is 6.37. The highest BCUT2D eigenvalue weighted by atomic mass is 35.5. The lowest BCUT2D eigenvalue weighted by Crippen LogP contribution is -2.33. The van der Waals surface area contributed by atoms with Crippen LogP contribution in [0.5, 0.6) is 0 Å². The smallest absolute Gasteiger partial charge is 0.259 e. The molecule has 4 rings (SSSR count). The summed E-state index contributed by atoms with van der Waals surface area (Å²) in [6.45, 7) is 0. The minimum absolute atomic E-state index is 0.110. The van der Waals surface area contributed by atoms with Gasteiger partial charge in [0, 0.05) is 16.7 Å². The molecule has 0 bridgehead atoms. The molecule has 1 aliphatic heterocycles. The van der Waals surface area contributed by atoms with Crippen molar-refractivity contribution in [3.63, 3.8) is 0 Å². The molecule has 1 spiro atoms. The summed E-state index contributed by atoms with van der Waals surface area (Å²) >= 11 is 6.04. The molecule has 0 atom stereocenters. The molecular weight excluding hydrogens is 279 g/mol. The Morgan fingerprint density at radius 2 is 2.05 bits per heavy atom. The summed E-state index contributed by atoms with van der Waals surface area (Å²) < 4.78 is 13.4. The monoisotopic (exact) mass is 288 g/mol. The molecular formula is C15H10ClFN2O. The lowest BCUT2D eigenvalue weighted by Gasteiger charge is -2.24. The maximum atomic E-state index is 13.4. The first-order chi connectivity index (χ1) is 9.62. The van der Waals surface area contributed by atoms with E-state index in [1.165, 1.54) is 12.3 Å². The zero-order valence-electron chi connectivity index (χ0n) is 10.4. The fraction of sp³-hybridized carbons (Fsp3) is 0.200. The first-order valence-corrected chi connectivity index (χ1v) is 6.75. The third kappa shape index (κ3) is 1.45. The molecule has 0 N–H and O–H groups in total. The van der Waals surface area contributed by atoms with Gasteiger partial charge in [0.05, 0.1) is 23.6 Å². The molecule has 0 radical (unpaired) electrons. The lowest BCUT2D eigenvalue weighted by molar-refractivity contribution is 0.0989. The Morgan fingerprint density at radius 3 is 2.75 bits per heavy atom. The number of aromatic nitrogens is 1. The van der Waals surface area contributed by atoms with Gasteiger partial charge in [0.1, 0.15) is 5.82 Å². The van der Waals surface area contributed by atoms with E-state index in [4.69, 9.17) is 11.6 Å². The third-order valence-corrected chi connectivity index (χ3v) is 4.25. The summed E-state index contributed by atoms with van der Waals surface area (Å²) in [5, 5.41) is 0.613. The second-order valence-corrected chi connectivity index (χ2v) is 5.66. The number of carbonyl (C=O) groups excluding carboxylic acids is 1. The summed E-state index contributed by atoms with van der Waals surface area (Å²) in [5.41, 5.74) is 1.74. The van der Waals surface area contributed by atoms with Gasteiger partial charge in [-0.15, -0.1) is 0 Å². The molecule has 3 nitrogen and oxygen atoms in total. The SMILES string of the molecule is O=C1c2ccc(Cl)cc2C2(CC2)N1c1cncc(F)c1. The van der Waals surface area contributed by atoms with Crippen LogP contribution in [0.3, 0.4) is 0 Å². The molecule has 0 unspecified atom stereocenters. The van der Waals surface area contributed by atoms with E-state index in [9.17, 15) is 9.18 Å². The van der Waals surface area contributed by atoms with E-state index in [0.717, 1.165) is 24.6 Å². The highest BCUT2D eigenvalue weighted by molar-refractivity contribution is 6.31. The van der Waals surface area contributed by atoms with Gasteiger partial charge in [0.25, 0.3) is 5.91 Å². The Balaban J connectivity index is 1.90. The van der Waals surface area contributed by atoms with Crippen molar-refractivity contribution < 1.29 is 9.18 Å². The van der Waals surface area contributed by atoms with Crippen LogP contribution < -0.4 is 4.90 Å². The van der Waals surface area contributed by atoms with Crippen LogP contribution in [0.25, 0.3) is 0 Å². The Morgan fingerprint density at radius 1 is 1.25 bits per heavy atom. The van der Waals surface area contributed by atoms with E-state index < -0.39 is 5.82 Å². The van der Waals surface area contributed by atoms with Crippen LogP contribution in [0.4, 0.5) is 10.1 Å². The molecule has 2 aromatic rings. The van der Waals surface area contributed by atoms with E-state index in [-0.39, 0.29) is 11.4 Å². The molecule has 1 aromatic heterocycles. The second kappa shape index (κ2) is 3.79. The maximum absolute atomic E-state index is 13.4. The number of hydrogen-bond donors (Lipinski definition) is 0. The normalized spacial score (nSPS) is 18.5. The lowest BCUT2D eigenvalue weighted by atomic mass is 10.0. The molecule has 1 fully saturated rings. The Kier molecular flexibility index (Phi) is 2.25. The van der Waals surface area contributed by atoms with Crippen molar-refractivity contribution in [3.8, 4) is 0 Å². The predicted molar refractivity (Wildman–Crippen MR) is 73.4 cm³/mol. The summed E-state index contributed by atoms with van der Waals surface area (Å²) in [5.74, 6) is -0.554. The van der Waals surface area contributed by atoms with Crippen molar-refractivity contribution >= 4 is 23.2 Å². The molecule has 5 heteroatoms. The van der Waals surface area contributed by atoms with Crippen molar-refractivity contribution in [3.05, 3.63) is 58.6 Å². The molecule has 1 saturated carbocycles. The summed E-state index contributed by atoms with van der Waals surface area (Å²) in [6.07, 6.45) is 4.38. The summed E-state index contributed by atoms with van der Waals surface area (Å²) in [6, 6.07) is 6.64. The van der Waals surface area contributed by atoms with Crippen LogP contribution in [0.15, 0.2) is 36.7 Å². The van der Waals surface area contributed by atoms with Gasteiger partial charge in [-0.3, -0.25) is 14.7 Å². The van der Waals surface area contributed by atoms with Crippen molar-refractivity contribution in [2.75, 3.05) is 4.90 Å². The Bertz CT molecular complexity index is 742. The quantitative estimate of drug-likeness (QED) is 0.804. The number of pyridine rings is 1. The van der Waals surface area contributed by atoms with Crippen LogP contribution in [0.1, 0.15) is 28.8 Å². The zero-order chi connectivity index (χ0) is 13.9. The zero-order valence-corrected chi connectivity index (χ0v) is 11.2. The van der Waals surface area contributed by atoms with Gasteiger partial charge < -0.3 is 0 Å². The molecule has 100 valence electrons. The number of anilines is 1. The minimum Gasteiger partial charge on any atom is -0.296 e. The number of benzene rings is 1. The number of halogens is 2. The number of fused-ring (bicyclic) bond motifs is 2. The van der Waals surface area contributed by atoms with Crippen LogP contribution in [0.2, 0.25) is 5.02 Å². The molecule has 1 aliphatic carbocycles. The standard InChI is InChI=1S/C15H10ClFN2O/c16-9-1-2-12-13(5-9)15(3-4-15)19(14(12)20)11-6-10(17)7-18-8-11/h1-2,5-8H,3-4H2. The maximum Gasteiger partial charge on any atom is 0.259 e. The number of nitrogens with zero attached hydrogens (tertiary/aromatic N) is 2. The van der Waals surface area contributed by atoms with Gasteiger partial charge in [0.2, 0.25) is 0 Å².